The topological polar surface area (TPSA) is 97.1 Å². The van der Waals surface area contributed by atoms with Crippen molar-refractivity contribution in [3.8, 4) is 23.0 Å². The number of hydrogen-bond acceptors (Lipinski definition) is 7. The molecule has 0 unspecified atom stereocenters. The molecule has 7 heteroatoms. The normalized spacial score (nSPS) is 10.3. The third-order valence-corrected chi connectivity index (χ3v) is 4.50. The maximum absolute atomic E-state index is 12.6. The van der Waals surface area contributed by atoms with Gasteiger partial charge in [0.25, 0.3) is 0 Å². The van der Waals surface area contributed by atoms with Crippen molar-refractivity contribution in [2.24, 2.45) is 5.73 Å². The zero-order chi connectivity index (χ0) is 22.2. The molecule has 0 aliphatic carbocycles. The molecule has 0 atom stereocenters. The number of carbonyl (C=O) groups excluding carboxylic acids is 2. The van der Waals surface area contributed by atoms with Crippen molar-refractivity contribution in [3.63, 3.8) is 0 Å². The number of nitrogens with two attached hydrogens (primary N) is 1. The van der Waals surface area contributed by atoms with Gasteiger partial charge in [-0.1, -0.05) is 6.07 Å². The Morgan fingerprint density at radius 1 is 0.710 bits per heavy atom. The number of ether oxygens (including phenoxy) is 4. The Balaban J connectivity index is 1.83. The van der Waals surface area contributed by atoms with Crippen LogP contribution in [0.4, 0.5) is 0 Å². The highest BCUT2D eigenvalue weighted by molar-refractivity contribution is 5.93. The molecule has 3 aromatic rings. The van der Waals surface area contributed by atoms with E-state index in [4.69, 9.17) is 24.7 Å². The van der Waals surface area contributed by atoms with E-state index in [-0.39, 0.29) is 11.5 Å². The van der Waals surface area contributed by atoms with Gasteiger partial charge >= 0.3 is 11.9 Å². The highest BCUT2D eigenvalue weighted by Gasteiger charge is 2.17. The van der Waals surface area contributed by atoms with E-state index in [1.54, 1.807) is 80.9 Å². The van der Waals surface area contributed by atoms with Crippen molar-refractivity contribution in [2.45, 2.75) is 6.42 Å². The minimum Gasteiger partial charge on any atom is -0.497 e. The molecule has 160 valence electrons. The lowest BCUT2D eigenvalue weighted by atomic mass is 10.1. The zero-order valence-corrected chi connectivity index (χ0v) is 17.3. The molecule has 31 heavy (non-hydrogen) atoms. The molecule has 0 aromatic heterocycles. The lowest BCUT2D eigenvalue weighted by Crippen LogP contribution is -2.13. The molecule has 0 bridgehead atoms. The predicted octanol–water partition coefficient (Wildman–Crippen LogP) is 3.64. The summed E-state index contributed by atoms with van der Waals surface area (Å²) in [4.78, 5) is 25.2. The molecule has 0 radical (unpaired) electrons. The molecular formula is C24H23NO6. The number of methoxy groups -OCH3 is 2. The first-order chi connectivity index (χ1) is 15.0. The molecule has 3 aromatic carbocycles. The van der Waals surface area contributed by atoms with Crippen molar-refractivity contribution >= 4 is 11.9 Å². The summed E-state index contributed by atoms with van der Waals surface area (Å²) in [7, 11) is 3.08. The fourth-order valence-corrected chi connectivity index (χ4v) is 2.81. The van der Waals surface area contributed by atoms with Crippen LogP contribution >= 0.6 is 0 Å². The van der Waals surface area contributed by atoms with E-state index >= 15 is 0 Å². The Bertz CT molecular complexity index is 1040. The molecule has 0 saturated heterocycles. The van der Waals surface area contributed by atoms with Crippen molar-refractivity contribution < 1.29 is 28.5 Å². The average Bonchev–Trinajstić information content (AvgIpc) is 2.81. The van der Waals surface area contributed by atoms with E-state index in [1.807, 2.05) is 0 Å². The first kappa shape index (κ1) is 21.9. The first-order valence-electron chi connectivity index (χ1n) is 9.59. The van der Waals surface area contributed by atoms with E-state index < -0.39 is 11.9 Å². The Morgan fingerprint density at radius 3 is 1.65 bits per heavy atom. The maximum atomic E-state index is 12.6. The molecule has 7 nitrogen and oxygen atoms in total. The number of esters is 2. The monoisotopic (exact) mass is 421 g/mol. The van der Waals surface area contributed by atoms with Gasteiger partial charge in [-0.2, -0.15) is 0 Å². The largest absolute Gasteiger partial charge is 0.497 e. The number of carbonyl (C=O) groups is 2. The molecule has 0 spiro atoms. The van der Waals surface area contributed by atoms with Crippen LogP contribution in [0.5, 0.6) is 23.0 Å². The van der Waals surface area contributed by atoms with Crippen LogP contribution in [0, 0.1) is 0 Å². The quantitative estimate of drug-likeness (QED) is 0.438. The van der Waals surface area contributed by atoms with Crippen LogP contribution in [0.3, 0.4) is 0 Å². The fourth-order valence-electron chi connectivity index (χ4n) is 2.81. The summed E-state index contributed by atoms with van der Waals surface area (Å²) in [6, 6.07) is 18.0. The number of rotatable bonds is 8. The number of hydrogen-bond donors (Lipinski definition) is 1. The lowest BCUT2D eigenvalue weighted by Gasteiger charge is -2.13. The molecule has 0 fully saturated rings. The van der Waals surface area contributed by atoms with Gasteiger partial charge in [0, 0.05) is 0 Å². The molecule has 2 N–H and O–H groups in total. The standard InChI is InChI=1S/C24H23NO6/c1-28-19-8-4-17(5-9-19)23(26)30-21-12-3-16(13-14-25)15-22(21)31-24(27)18-6-10-20(29-2)11-7-18/h3-12,15H,13-14,25H2,1-2H3. The van der Waals surface area contributed by atoms with E-state index in [0.717, 1.165) is 5.56 Å². The molecule has 0 aliphatic heterocycles. The summed E-state index contributed by atoms with van der Waals surface area (Å²) >= 11 is 0. The lowest BCUT2D eigenvalue weighted by molar-refractivity contribution is 0.0682. The highest BCUT2D eigenvalue weighted by atomic mass is 16.6. The van der Waals surface area contributed by atoms with E-state index in [1.165, 1.54) is 0 Å². The Morgan fingerprint density at radius 2 is 1.19 bits per heavy atom. The molecule has 0 saturated carbocycles. The average molecular weight is 421 g/mol. The van der Waals surface area contributed by atoms with Gasteiger partial charge < -0.3 is 24.7 Å². The second-order valence-corrected chi connectivity index (χ2v) is 6.56. The SMILES string of the molecule is COc1ccc(C(=O)Oc2ccc(CCN)cc2OC(=O)c2ccc(OC)cc2)cc1. The second kappa shape index (κ2) is 10.3. The third-order valence-electron chi connectivity index (χ3n) is 4.50. The molecular weight excluding hydrogens is 398 g/mol. The van der Waals surface area contributed by atoms with E-state index in [2.05, 4.69) is 0 Å². The minimum absolute atomic E-state index is 0.128. The third kappa shape index (κ3) is 5.61. The van der Waals surface area contributed by atoms with Gasteiger partial charge in [-0.15, -0.1) is 0 Å². The van der Waals surface area contributed by atoms with Gasteiger partial charge in [-0.3, -0.25) is 0 Å². The van der Waals surface area contributed by atoms with Gasteiger partial charge in [0.2, 0.25) is 0 Å². The highest BCUT2D eigenvalue weighted by Crippen LogP contribution is 2.30. The van der Waals surface area contributed by atoms with Gasteiger partial charge in [0.1, 0.15) is 11.5 Å². The van der Waals surface area contributed by atoms with Crippen LogP contribution in [0.15, 0.2) is 66.7 Å². The number of benzene rings is 3. The summed E-state index contributed by atoms with van der Waals surface area (Å²) in [5, 5.41) is 0. The smallest absolute Gasteiger partial charge is 0.343 e. The van der Waals surface area contributed by atoms with E-state index in [9.17, 15) is 9.59 Å². The summed E-state index contributed by atoms with van der Waals surface area (Å²) < 4.78 is 21.2. The molecule has 3 rings (SSSR count). The van der Waals surface area contributed by atoms with Crippen LogP contribution in [0.25, 0.3) is 0 Å². The van der Waals surface area contributed by atoms with Gasteiger partial charge in [-0.25, -0.2) is 9.59 Å². The Hall–Kier alpha value is -3.84. The molecule has 0 amide bonds. The second-order valence-electron chi connectivity index (χ2n) is 6.56. The van der Waals surface area contributed by atoms with Gasteiger partial charge in [0.05, 0.1) is 25.3 Å². The van der Waals surface area contributed by atoms with Gasteiger partial charge in [0.15, 0.2) is 11.5 Å². The molecule has 0 aliphatic rings. The van der Waals surface area contributed by atoms with Crippen molar-refractivity contribution in [3.05, 3.63) is 83.4 Å². The first-order valence-corrected chi connectivity index (χ1v) is 9.59. The maximum Gasteiger partial charge on any atom is 0.343 e. The summed E-state index contributed by atoms with van der Waals surface area (Å²) in [5.74, 6) is 0.328. The minimum atomic E-state index is -0.589. The zero-order valence-electron chi connectivity index (χ0n) is 17.3. The summed E-state index contributed by atoms with van der Waals surface area (Å²) in [6.07, 6.45) is 0.583. The van der Waals surface area contributed by atoms with E-state index in [0.29, 0.717) is 35.6 Å². The van der Waals surface area contributed by atoms with Crippen molar-refractivity contribution in [1.82, 2.24) is 0 Å². The van der Waals surface area contributed by atoms with Crippen LogP contribution in [-0.2, 0) is 6.42 Å². The Kier molecular flexibility index (Phi) is 7.24. The predicted molar refractivity (Wildman–Crippen MR) is 115 cm³/mol. The van der Waals surface area contributed by atoms with Crippen LogP contribution in [0.2, 0.25) is 0 Å². The van der Waals surface area contributed by atoms with Crippen LogP contribution < -0.4 is 24.7 Å². The summed E-state index contributed by atoms with van der Waals surface area (Å²) in [5.41, 5.74) is 7.15. The van der Waals surface area contributed by atoms with Crippen molar-refractivity contribution in [1.29, 1.82) is 0 Å². The summed E-state index contributed by atoms with van der Waals surface area (Å²) in [6.45, 7) is 0.427. The Labute approximate surface area is 180 Å². The van der Waals surface area contributed by atoms with Crippen LogP contribution in [0.1, 0.15) is 26.3 Å². The van der Waals surface area contributed by atoms with Gasteiger partial charge in [-0.05, 0) is 79.2 Å². The molecule has 0 heterocycles. The van der Waals surface area contributed by atoms with Crippen molar-refractivity contribution in [2.75, 3.05) is 20.8 Å². The fraction of sp³-hybridized carbons (Fsp3) is 0.167. The van der Waals surface area contributed by atoms with Crippen LogP contribution in [-0.4, -0.2) is 32.7 Å².